The lowest BCUT2D eigenvalue weighted by Crippen LogP contribution is -2.15. The number of nitrogens with one attached hydrogen (secondary N) is 2. The topological polar surface area (TPSA) is 110 Å². The Hall–Kier alpha value is -3.22. The van der Waals surface area contributed by atoms with Crippen LogP contribution in [0, 0.1) is 0 Å². The van der Waals surface area contributed by atoms with Crippen molar-refractivity contribution < 1.29 is 9.59 Å². The molecule has 3 rings (SSSR count). The Kier molecular flexibility index (Phi) is 8.31. The number of nitrogen functional groups attached to an aromatic ring is 2. The molecular weight excluding hydrogens is 399 g/mol. The number of amides is 2. The highest BCUT2D eigenvalue weighted by Crippen LogP contribution is 2.16. The molecule has 6 N–H and O–H groups in total. The van der Waals surface area contributed by atoms with Gasteiger partial charge in [0.05, 0.1) is 0 Å². The predicted molar refractivity (Wildman–Crippen MR) is 119 cm³/mol. The summed E-state index contributed by atoms with van der Waals surface area (Å²) in [6.45, 7) is 0. The smallest absolute Gasteiger partial charge is 0.255 e. The van der Waals surface area contributed by atoms with Crippen molar-refractivity contribution in [3.8, 4) is 0 Å². The van der Waals surface area contributed by atoms with E-state index in [-0.39, 0.29) is 36.6 Å². The average molecular weight is 419 g/mol. The van der Waals surface area contributed by atoms with Crippen LogP contribution in [0.15, 0.2) is 72.8 Å². The fraction of sp³-hybridized carbons (Fsp3) is 0. The molecule has 0 fully saturated rings. The molecule has 0 bridgehead atoms. The molecule has 0 aliphatic carbocycles. The molecule has 0 saturated carbocycles. The highest BCUT2D eigenvalue weighted by Gasteiger charge is 2.11. The van der Waals surface area contributed by atoms with E-state index in [2.05, 4.69) is 10.6 Å². The summed E-state index contributed by atoms with van der Waals surface area (Å²) < 4.78 is 0. The first-order chi connectivity index (χ1) is 12.5. The molecule has 8 heteroatoms. The number of halogens is 2. The fourth-order valence-corrected chi connectivity index (χ4v) is 2.44. The van der Waals surface area contributed by atoms with Crippen LogP contribution in [0.5, 0.6) is 0 Å². The third-order valence-electron chi connectivity index (χ3n) is 3.68. The van der Waals surface area contributed by atoms with Crippen LogP contribution in [0.25, 0.3) is 0 Å². The first-order valence-electron chi connectivity index (χ1n) is 7.95. The first-order valence-corrected chi connectivity index (χ1v) is 7.95. The molecule has 0 radical (unpaired) electrons. The molecule has 0 aliphatic heterocycles. The summed E-state index contributed by atoms with van der Waals surface area (Å²) in [6, 6.07) is 20.2. The van der Waals surface area contributed by atoms with E-state index in [1.54, 1.807) is 66.7 Å². The first kappa shape index (κ1) is 22.8. The van der Waals surface area contributed by atoms with Crippen LogP contribution in [-0.2, 0) is 0 Å². The number of anilines is 4. The van der Waals surface area contributed by atoms with Crippen molar-refractivity contribution in [2.24, 2.45) is 0 Å². The number of carbonyl (C=O) groups excluding carboxylic acids is 2. The van der Waals surface area contributed by atoms with Crippen LogP contribution in [0.4, 0.5) is 22.7 Å². The van der Waals surface area contributed by atoms with Gasteiger partial charge in [0, 0.05) is 33.9 Å². The highest BCUT2D eigenvalue weighted by molar-refractivity contribution is 6.08. The molecule has 6 nitrogen and oxygen atoms in total. The second-order valence-electron chi connectivity index (χ2n) is 5.74. The van der Waals surface area contributed by atoms with Crippen molar-refractivity contribution in [3.05, 3.63) is 83.9 Å². The molecule has 2 amide bonds. The maximum atomic E-state index is 12.4. The molecule has 3 aromatic carbocycles. The monoisotopic (exact) mass is 418 g/mol. The summed E-state index contributed by atoms with van der Waals surface area (Å²) in [5, 5.41) is 5.51. The summed E-state index contributed by atoms with van der Waals surface area (Å²) in [6.07, 6.45) is 0. The number of carbonyl (C=O) groups is 2. The summed E-state index contributed by atoms with van der Waals surface area (Å²) in [5.41, 5.74) is 14.4. The Morgan fingerprint density at radius 1 is 0.607 bits per heavy atom. The number of rotatable bonds is 4. The van der Waals surface area contributed by atoms with Gasteiger partial charge in [-0.25, -0.2) is 0 Å². The van der Waals surface area contributed by atoms with Crippen LogP contribution in [0.3, 0.4) is 0 Å². The van der Waals surface area contributed by atoms with E-state index < -0.39 is 0 Å². The van der Waals surface area contributed by atoms with E-state index in [0.29, 0.717) is 33.9 Å². The van der Waals surface area contributed by atoms with Gasteiger partial charge in [0.15, 0.2) is 0 Å². The van der Waals surface area contributed by atoms with E-state index in [0.717, 1.165) is 0 Å². The second-order valence-corrected chi connectivity index (χ2v) is 5.74. The lowest BCUT2D eigenvalue weighted by Gasteiger charge is -2.09. The minimum Gasteiger partial charge on any atom is -0.399 e. The zero-order valence-electron chi connectivity index (χ0n) is 14.7. The molecule has 0 spiro atoms. The standard InChI is InChI=1S/C20H18N4O2.2ClH/c21-15-6-2-8-17(11-15)23-19(25)13-4-1-5-14(10-13)20(26)24-18-9-3-7-16(22)12-18;;/h1-12H,21-22H2,(H,23,25)(H,24,26);2*1H. The van der Waals surface area contributed by atoms with E-state index in [1.807, 2.05) is 0 Å². The SMILES string of the molecule is Cl.Cl.Nc1cccc(NC(=O)c2cccc(C(=O)Nc3cccc(N)c3)c2)c1. The van der Waals surface area contributed by atoms with Crippen LogP contribution in [0.1, 0.15) is 20.7 Å². The molecule has 3 aromatic rings. The van der Waals surface area contributed by atoms with Gasteiger partial charge in [-0.2, -0.15) is 0 Å². The average Bonchev–Trinajstić information content (AvgIpc) is 2.62. The van der Waals surface area contributed by atoms with E-state index in [1.165, 1.54) is 6.07 Å². The maximum Gasteiger partial charge on any atom is 0.255 e. The van der Waals surface area contributed by atoms with Crippen molar-refractivity contribution in [3.63, 3.8) is 0 Å². The molecule has 28 heavy (non-hydrogen) atoms. The Bertz CT molecular complexity index is 905. The minimum atomic E-state index is -0.325. The van der Waals surface area contributed by atoms with Gasteiger partial charge in [0.2, 0.25) is 0 Å². The van der Waals surface area contributed by atoms with E-state index in [4.69, 9.17) is 11.5 Å². The normalized spacial score (nSPS) is 9.43. The summed E-state index contributed by atoms with van der Waals surface area (Å²) in [4.78, 5) is 24.8. The number of benzene rings is 3. The quantitative estimate of drug-likeness (QED) is 0.475. The lowest BCUT2D eigenvalue weighted by atomic mass is 10.1. The molecule has 0 saturated heterocycles. The Morgan fingerprint density at radius 2 is 1.00 bits per heavy atom. The van der Waals surface area contributed by atoms with Gasteiger partial charge in [0.1, 0.15) is 0 Å². The lowest BCUT2D eigenvalue weighted by molar-refractivity contribution is 0.102. The predicted octanol–water partition coefficient (Wildman–Crippen LogP) is 4.20. The second kappa shape index (κ2) is 10.2. The Balaban J connectivity index is 0.00000196. The highest BCUT2D eigenvalue weighted by atomic mass is 35.5. The number of hydrogen-bond acceptors (Lipinski definition) is 4. The van der Waals surface area contributed by atoms with Gasteiger partial charge < -0.3 is 22.1 Å². The van der Waals surface area contributed by atoms with Gasteiger partial charge in [-0.05, 0) is 54.6 Å². The van der Waals surface area contributed by atoms with Crippen molar-refractivity contribution in [2.75, 3.05) is 22.1 Å². The third-order valence-corrected chi connectivity index (χ3v) is 3.68. The molecule has 0 atom stereocenters. The fourth-order valence-electron chi connectivity index (χ4n) is 2.44. The van der Waals surface area contributed by atoms with Gasteiger partial charge >= 0.3 is 0 Å². The summed E-state index contributed by atoms with van der Waals surface area (Å²) in [7, 11) is 0. The zero-order valence-corrected chi connectivity index (χ0v) is 16.3. The van der Waals surface area contributed by atoms with Crippen molar-refractivity contribution in [1.29, 1.82) is 0 Å². The van der Waals surface area contributed by atoms with Crippen molar-refractivity contribution >= 4 is 59.4 Å². The Morgan fingerprint density at radius 3 is 1.39 bits per heavy atom. The molecule has 146 valence electrons. The molecule has 0 unspecified atom stereocenters. The van der Waals surface area contributed by atoms with Gasteiger partial charge in [0.25, 0.3) is 11.8 Å². The molecule has 0 aliphatic rings. The molecule has 0 aromatic heterocycles. The minimum absolute atomic E-state index is 0. The number of nitrogens with two attached hydrogens (primary N) is 2. The largest absolute Gasteiger partial charge is 0.399 e. The number of hydrogen-bond donors (Lipinski definition) is 4. The Labute approximate surface area is 175 Å². The van der Waals surface area contributed by atoms with Crippen LogP contribution in [-0.4, -0.2) is 11.8 Å². The van der Waals surface area contributed by atoms with Gasteiger partial charge in [-0.1, -0.05) is 18.2 Å². The molecular formula is C20H20Cl2N4O2. The van der Waals surface area contributed by atoms with Crippen LogP contribution < -0.4 is 22.1 Å². The maximum absolute atomic E-state index is 12.4. The van der Waals surface area contributed by atoms with E-state index in [9.17, 15) is 9.59 Å². The summed E-state index contributed by atoms with van der Waals surface area (Å²) >= 11 is 0. The van der Waals surface area contributed by atoms with Crippen LogP contribution >= 0.6 is 24.8 Å². The van der Waals surface area contributed by atoms with Gasteiger partial charge in [-0.15, -0.1) is 24.8 Å². The van der Waals surface area contributed by atoms with Crippen LogP contribution in [0.2, 0.25) is 0 Å². The van der Waals surface area contributed by atoms with Crippen molar-refractivity contribution in [1.82, 2.24) is 0 Å². The molecule has 0 heterocycles. The van der Waals surface area contributed by atoms with E-state index >= 15 is 0 Å². The summed E-state index contributed by atoms with van der Waals surface area (Å²) in [5.74, 6) is -0.650. The van der Waals surface area contributed by atoms with Gasteiger partial charge in [-0.3, -0.25) is 9.59 Å². The zero-order chi connectivity index (χ0) is 18.5. The third kappa shape index (κ3) is 5.90. The van der Waals surface area contributed by atoms with Crippen molar-refractivity contribution in [2.45, 2.75) is 0 Å².